The second kappa shape index (κ2) is 8.35. The second-order valence-electron chi connectivity index (χ2n) is 5.00. The highest BCUT2D eigenvalue weighted by Gasteiger charge is 2.14. The largest absolute Gasteiger partial charge is 0.497 e. The van der Waals surface area contributed by atoms with Crippen molar-refractivity contribution < 1.29 is 28.9 Å². The van der Waals surface area contributed by atoms with E-state index in [9.17, 15) is 9.59 Å². The summed E-state index contributed by atoms with van der Waals surface area (Å²) in [6.07, 6.45) is 1.19. The fraction of sp³-hybridized carbons (Fsp3) is 0.105. The molecule has 0 heterocycles. The summed E-state index contributed by atoms with van der Waals surface area (Å²) in [5, 5.41) is 17.7. The minimum Gasteiger partial charge on any atom is -0.497 e. The third-order valence-electron chi connectivity index (χ3n) is 3.38. The number of hydrogen-bond donors (Lipinski definition) is 1. The van der Waals surface area contributed by atoms with Crippen LogP contribution in [0, 0.1) is 11.3 Å². The summed E-state index contributed by atoms with van der Waals surface area (Å²) in [6, 6.07) is 12.4. The van der Waals surface area contributed by atoms with Crippen LogP contribution in [0.3, 0.4) is 0 Å². The SMILES string of the molecule is COc1ccc(C(=O)Oc2ccc(/C=C(/C#N)C(=O)O)cc2OC)cc1. The molecule has 0 fully saturated rings. The summed E-state index contributed by atoms with van der Waals surface area (Å²) in [4.78, 5) is 23.1. The zero-order valence-electron chi connectivity index (χ0n) is 14.1. The van der Waals surface area contributed by atoms with Gasteiger partial charge < -0.3 is 19.3 Å². The molecule has 1 N–H and O–H groups in total. The summed E-state index contributed by atoms with van der Waals surface area (Å²) in [5.74, 6) is -0.913. The zero-order valence-corrected chi connectivity index (χ0v) is 14.1. The van der Waals surface area contributed by atoms with Gasteiger partial charge in [-0.15, -0.1) is 0 Å². The average molecular weight is 353 g/mol. The normalized spacial score (nSPS) is 10.6. The Morgan fingerprint density at radius 3 is 2.27 bits per heavy atom. The molecule has 0 aliphatic carbocycles. The van der Waals surface area contributed by atoms with E-state index < -0.39 is 17.5 Å². The van der Waals surface area contributed by atoms with E-state index in [2.05, 4.69) is 0 Å². The van der Waals surface area contributed by atoms with Crippen molar-refractivity contribution in [1.29, 1.82) is 5.26 Å². The van der Waals surface area contributed by atoms with Crippen LogP contribution in [-0.4, -0.2) is 31.3 Å². The fourth-order valence-corrected chi connectivity index (χ4v) is 2.05. The van der Waals surface area contributed by atoms with Crippen LogP contribution in [0.15, 0.2) is 48.0 Å². The molecular weight excluding hydrogens is 338 g/mol. The maximum absolute atomic E-state index is 12.2. The zero-order chi connectivity index (χ0) is 19.1. The van der Waals surface area contributed by atoms with Crippen molar-refractivity contribution in [1.82, 2.24) is 0 Å². The lowest BCUT2D eigenvalue weighted by molar-refractivity contribution is -0.132. The molecular formula is C19H15NO6. The molecule has 0 atom stereocenters. The van der Waals surface area contributed by atoms with Gasteiger partial charge in [-0.25, -0.2) is 9.59 Å². The average Bonchev–Trinajstić information content (AvgIpc) is 2.66. The van der Waals surface area contributed by atoms with E-state index in [1.54, 1.807) is 30.3 Å². The maximum Gasteiger partial charge on any atom is 0.346 e. The summed E-state index contributed by atoms with van der Waals surface area (Å²) in [6.45, 7) is 0. The monoisotopic (exact) mass is 353 g/mol. The Kier molecular flexibility index (Phi) is 5.96. The van der Waals surface area contributed by atoms with E-state index in [4.69, 9.17) is 24.6 Å². The van der Waals surface area contributed by atoms with E-state index in [0.717, 1.165) is 0 Å². The van der Waals surface area contributed by atoms with Crippen LogP contribution in [0.25, 0.3) is 6.08 Å². The highest BCUT2D eigenvalue weighted by molar-refractivity contribution is 5.96. The van der Waals surface area contributed by atoms with Gasteiger partial charge in [-0.1, -0.05) is 6.07 Å². The number of carboxylic acid groups (broad SMARTS) is 1. The van der Waals surface area contributed by atoms with Crippen LogP contribution in [0.2, 0.25) is 0 Å². The van der Waals surface area contributed by atoms with Crippen molar-refractivity contribution in [3.05, 3.63) is 59.2 Å². The Balaban J connectivity index is 2.25. The van der Waals surface area contributed by atoms with Gasteiger partial charge in [-0.05, 0) is 48.0 Å². The molecule has 0 aromatic heterocycles. The number of nitriles is 1. The molecule has 2 rings (SSSR count). The van der Waals surface area contributed by atoms with Gasteiger partial charge in [0, 0.05) is 0 Å². The molecule has 0 aliphatic heterocycles. The van der Waals surface area contributed by atoms with Crippen LogP contribution in [0.4, 0.5) is 0 Å². The van der Waals surface area contributed by atoms with E-state index in [-0.39, 0.29) is 11.5 Å². The van der Waals surface area contributed by atoms with Crippen molar-refractivity contribution >= 4 is 18.0 Å². The molecule has 0 spiro atoms. The number of carboxylic acids is 1. The Morgan fingerprint density at radius 1 is 1.04 bits per heavy atom. The van der Waals surface area contributed by atoms with Gasteiger partial charge in [0.05, 0.1) is 19.8 Å². The number of hydrogen-bond acceptors (Lipinski definition) is 6. The van der Waals surface area contributed by atoms with Gasteiger partial charge in [0.2, 0.25) is 0 Å². The third kappa shape index (κ3) is 4.39. The molecule has 26 heavy (non-hydrogen) atoms. The Bertz CT molecular complexity index is 893. The second-order valence-corrected chi connectivity index (χ2v) is 5.00. The number of nitrogens with zero attached hydrogens (tertiary/aromatic N) is 1. The molecule has 0 saturated heterocycles. The summed E-state index contributed by atoms with van der Waals surface area (Å²) in [7, 11) is 2.91. The first kappa shape index (κ1) is 18.5. The van der Waals surface area contributed by atoms with E-state index in [1.165, 1.54) is 38.5 Å². The van der Waals surface area contributed by atoms with Gasteiger partial charge in [-0.2, -0.15) is 5.26 Å². The number of rotatable bonds is 6. The highest BCUT2D eigenvalue weighted by atomic mass is 16.6. The van der Waals surface area contributed by atoms with Gasteiger partial charge in [-0.3, -0.25) is 0 Å². The lowest BCUT2D eigenvalue weighted by Gasteiger charge is -2.10. The molecule has 0 saturated carbocycles. The first-order chi connectivity index (χ1) is 12.5. The number of carbonyl (C=O) groups excluding carboxylic acids is 1. The third-order valence-corrected chi connectivity index (χ3v) is 3.38. The van der Waals surface area contributed by atoms with Crippen LogP contribution in [0.5, 0.6) is 17.2 Å². The molecule has 0 bridgehead atoms. The smallest absolute Gasteiger partial charge is 0.346 e. The molecule has 7 heteroatoms. The van der Waals surface area contributed by atoms with Crippen molar-refractivity contribution in [2.24, 2.45) is 0 Å². The van der Waals surface area contributed by atoms with E-state index in [0.29, 0.717) is 16.9 Å². The van der Waals surface area contributed by atoms with Gasteiger partial charge in [0.15, 0.2) is 11.5 Å². The summed E-state index contributed by atoms with van der Waals surface area (Å²) < 4.78 is 15.5. The minimum atomic E-state index is -1.33. The number of ether oxygens (including phenoxy) is 3. The molecule has 0 unspecified atom stereocenters. The summed E-state index contributed by atoms with van der Waals surface area (Å²) in [5.41, 5.74) is 0.328. The Labute approximate surface area is 149 Å². The number of carbonyl (C=O) groups is 2. The number of esters is 1. The quantitative estimate of drug-likeness (QED) is 0.368. The molecule has 0 amide bonds. The van der Waals surface area contributed by atoms with Crippen molar-refractivity contribution in [2.45, 2.75) is 0 Å². The Hall–Kier alpha value is -3.79. The molecule has 0 aliphatic rings. The topological polar surface area (TPSA) is 106 Å². The predicted molar refractivity (Wildman–Crippen MR) is 92.2 cm³/mol. The molecule has 132 valence electrons. The molecule has 7 nitrogen and oxygen atoms in total. The van der Waals surface area contributed by atoms with Gasteiger partial charge in [0.25, 0.3) is 0 Å². The van der Waals surface area contributed by atoms with E-state index >= 15 is 0 Å². The number of methoxy groups -OCH3 is 2. The van der Waals surface area contributed by atoms with Crippen LogP contribution < -0.4 is 14.2 Å². The van der Waals surface area contributed by atoms with Gasteiger partial charge in [0.1, 0.15) is 17.4 Å². The molecule has 2 aromatic carbocycles. The Morgan fingerprint density at radius 2 is 1.73 bits per heavy atom. The predicted octanol–water partition coefficient (Wildman–Crippen LogP) is 2.91. The minimum absolute atomic E-state index is 0.166. The summed E-state index contributed by atoms with van der Waals surface area (Å²) >= 11 is 0. The standard InChI is InChI=1S/C19H15NO6/c1-24-15-6-4-13(5-7-15)19(23)26-16-8-3-12(10-17(16)25-2)9-14(11-20)18(21)22/h3-10H,1-2H3,(H,21,22)/b14-9-. The lowest BCUT2D eigenvalue weighted by atomic mass is 10.1. The number of aliphatic carboxylic acids is 1. The lowest BCUT2D eigenvalue weighted by Crippen LogP contribution is -2.09. The molecule has 0 radical (unpaired) electrons. The van der Waals surface area contributed by atoms with Crippen molar-refractivity contribution in [3.63, 3.8) is 0 Å². The fourth-order valence-electron chi connectivity index (χ4n) is 2.05. The van der Waals surface area contributed by atoms with Crippen LogP contribution >= 0.6 is 0 Å². The number of benzene rings is 2. The van der Waals surface area contributed by atoms with Crippen LogP contribution in [-0.2, 0) is 4.79 Å². The maximum atomic E-state index is 12.2. The molecule has 2 aromatic rings. The van der Waals surface area contributed by atoms with Gasteiger partial charge >= 0.3 is 11.9 Å². The van der Waals surface area contributed by atoms with E-state index in [1.807, 2.05) is 0 Å². The first-order valence-corrected chi connectivity index (χ1v) is 7.38. The van der Waals surface area contributed by atoms with Crippen LogP contribution in [0.1, 0.15) is 15.9 Å². The first-order valence-electron chi connectivity index (χ1n) is 7.38. The van der Waals surface area contributed by atoms with Crippen molar-refractivity contribution in [2.75, 3.05) is 14.2 Å². The van der Waals surface area contributed by atoms with Crippen molar-refractivity contribution in [3.8, 4) is 23.3 Å². The highest BCUT2D eigenvalue weighted by Crippen LogP contribution is 2.30.